The van der Waals surface area contributed by atoms with Crippen LogP contribution in [0.3, 0.4) is 0 Å². The van der Waals surface area contributed by atoms with Crippen molar-refractivity contribution in [1.29, 1.82) is 0 Å². The molecule has 0 aliphatic rings. The van der Waals surface area contributed by atoms with Gasteiger partial charge in [0.15, 0.2) is 5.82 Å². The first kappa shape index (κ1) is 7.03. The number of hydrogen-bond donors (Lipinski definition) is 0. The molecule has 0 fully saturated rings. The number of aromatic nitrogens is 2. The van der Waals surface area contributed by atoms with Gasteiger partial charge < -0.3 is 0 Å². The maximum Gasteiger partial charge on any atom is 0.161 e. The minimum absolute atomic E-state index is 0.334. The van der Waals surface area contributed by atoms with Gasteiger partial charge in [-0.2, -0.15) is 5.10 Å². The van der Waals surface area contributed by atoms with E-state index in [0.29, 0.717) is 0 Å². The van der Waals surface area contributed by atoms with Crippen molar-refractivity contribution >= 4 is 0 Å². The number of halogens is 1. The summed E-state index contributed by atoms with van der Waals surface area (Å²) in [5.41, 5.74) is 0.807. The Kier molecular flexibility index (Phi) is 1.63. The molecular formula is C9H6FN2. The van der Waals surface area contributed by atoms with E-state index in [-0.39, 0.29) is 5.82 Å². The average molecular weight is 161 g/mol. The molecule has 0 amide bonds. The molecule has 0 saturated carbocycles. The third-order valence-electron chi connectivity index (χ3n) is 1.51. The highest BCUT2D eigenvalue weighted by atomic mass is 19.1. The van der Waals surface area contributed by atoms with Crippen LogP contribution < -0.4 is 0 Å². The molecule has 0 atom stereocenters. The molecule has 3 heteroatoms. The zero-order valence-corrected chi connectivity index (χ0v) is 6.24. The SMILES string of the molecule is Fc1cnn(-c2c[c]ccc2)c1. The first-order valence-electron chi connectivity index (χ1n) is 3.53. The first-order chi connectivity index (χ1) is 5.86. The third-order valence-corrected chi connectivity index (χ3v) is 1.51. The summed E-state index contributed by atoms with van der Waals surface area (Å²) in [7, 11) is 0. The van der Waals surface area contributed by atoms with Gasteiger partial charge in [-0.1, -0.05) is 12.1 Å². The topological polar surface area (TPSA) is 17.8 Å². The van der Waals surface area contributed by atoms with Crippen LogP contribution in [0.1, 0.15) is 0 Å². The van der Waals surface area contributed by atoms with E-state index < -0.39 is 0 Å². The Morgan fingerprint density at radius 2 is 2.42 bits per heavy atom. The highest BCUT2D eigenvalue weighted by molar-refractivity contribution is 5.29. The van der Waals surface area contributed by atoms with Crippen LogP contribution in [0, 0.1) is 11.9 Å². The van der Waals surface area contributed by atoms with E-state index in [2.05, 4.69) is 11.2 Å². The fraction of sp³-hybridized carbons (Fsp3) is 0. The van der Waals surface area contributed by atoms with E-state index in [4.69, 9.17) is 0 Å². The van der Waals surface area contributed by atoms with Crippen LogP contribution in [0.25, 0.3) is 5.69 Å². The van der Waals surface area contributed by atoms with Crippen molar-refractivity contribution in [1.82, 2.24) is 9.78 Å². The normalized spacial score (nSPS) is 10.1. The molecule has 0 spiro atoms. The van der Waals surface area contributed by atoms with Crippen LogP contribution in [0.15, 0.2) is 36.7 Å². The summed E-state index contributed by atoms with van der Waals surface area (Å²) in [6.07, 6.45) is 2.50. The van der Waals surface area contributed by atoms with Gasteiger partial charge in [-0.05, 0) is 18.2 Å². The third kappa shape index (κ3) is 1.21. The van der Waals surface area contributed by atoms with E-state index in [1.807, 2.05) is 12.1 Å². The first-order valence-corrected chi connectivity index (χ1v) is 3.53. The van der Waals surface area contributed by atoms with E-state index in [9.17, 15) is 4.39 Å². The van der Waals surface area contributed by atoms with Crippen molar-refractivity contribution < 1.29 is 4.39 Å². The lowest BCUT2D eigenvalue weighted by Gasteiger charge is -1.97. The highest BCUT2D eigenvalue weighted by Gasteiger charge is 1.97. The molecule has 2 nitrogen and oxygen atoms in total. The molecule has 0 bridgehead atoms. The number of benzene rings is 1. The van der Waals surface area contributed by atoms with Gasteiger partial charge in [0.1, 0.15) is 0 Å². The van der Waals surface area contributed by atoms with Gasteiger partial charge in [0.25, 0.3) is 0 Å². The predicted octanol–water partition coefficient (Wildman–Crippen LogP) is 1.81. The van der Waals surface area contributed by atoms with Crippen LogP contribution >= 0.6 is 0 Å². The predicted molar refractivity (Wildman–Crippen MR) is 42.4 cm³/mol. The van der Waals surface area contributed by atoms with Crippen molar-refractivity contribution in [2.24, 2.45) is 0 Å². The second-order valence-electron chi connectivity index (χ2n) is 2.36. The monoisotopic (exact) mass is 161 g/mol. The van der Waals surface area contributed by atoms with Gasteiger partial charge in [-0.3, -0.25) is 0 Å². The van der Waals surface area contributed by atoms with Crippen molar-refractivity contribution in [2.75, 3.05) is 0 Å². The molecule has 2 rings (SSSR count). The number of rotatable bonds is 1. The summed E-state index contributed by atoms with van der Waals surface area (Å²) in [6, 6.07) is 10.1. The molecule has 1 radical (unpaired) electrons. The Morgan fingerprint density at radius 3 is 3.00 bits per heavy atom. The zero-order chi connectivity index (χ0) is 8.39. The fourth-order valence-corrected chi connectivity index (χ4v) is 0.968. The zero-order valence-electron chi connectivity index (χ0n) is 6.24. The second-order valence-corrected chi connectivity index (χ2v) is 2.36. The van der Waals surface area contributed by atoms with E-state index in [0.717, 1.165) is 5.69 Å². The van der Waals surface area contributed by atoms with E-state index >= 15 is 0 Å². The summed E-state index contributed by atoms with van der Waals surface area (Å²) < 4.78 is 14.0. The van der Waals surface area contributed by atoms with Crippen LogP contribution in [-0.2, 0) is 0 Å². The Bertz CT molecular complexity index is 367. The van der Waals surface area contributed by atoms with E-state index in [1.54, 1.807) is 12.1 Å². The molecular weight excluding hydrogens is 155 g/mol. The molecule has 0 N–H and O–H groups in total. The van der Waals surface area contributed by atoms with Crippen molar-refractivity contribution in [3.63, 3.8) is 0 Å². The van der Waals surface area contributed by atoms with Crippen LogP contribution in [0.2, 0.25) is 0 Å². The molecule has 1 aromatic carbocycles. The van der Waals surface area contributed by atoms with Crippen molar-refractivity contribution in [2.45, 2.75) is 0 Å². The standard InChI is InChI=1S/C9H6FN2/c10-8-6-11-12(7-8)9-4-2-1-3-5-9/h1-2,4-7H. The lowest BCUT2D eigenvalue weighted by Crippen LogP contribution is -1.92. The molecule has 0 saturated heterocycles. The quantitative estimate of drug-likeness (QED) is 0.623. The maximum atomic E-state index is 12.5. The molecule has 12 heavy (non-hydrogen) atoms. The van der Waals surface area contributed by atoms with Crippen molar-refractivity contribution in [3.05, 3.63) is 48.5 Å². The van der Waals surface area contributed by atoms with Gasteiger partial charge >= 0.3 is 0 Å². The van der Waals surface area contributed by atoms with Gasteiger partial charge in [0.05, 0.1) is 18.1 Å². The molecule has 0 aliphatic heterocycles. The Morgan fingerprint density at radius 1 is 1.50 bits per heavy atom. The van der Waals surface area contributed by atoms with Crippen molar-refractivity contribution in [3.8, 4) is 5.69 Å². The minimum atomic E-state index is -0.334. The second kappa shape index (κ2) is 2.77. The molecule has 2 aromatic rings. The minimum Gasteiger partial charge on any atom is -0.238 e. The van der Waals surface area contributed by atoms with Crippen LogP contribution in [-0.4, -0.2) is 9.78 Å². The summed E-state index contributed by atoms with van der Waals surface area (Å²) in [4.78, 5) is 0. The largest absolute Gasteiger partial charge is 0.238 e. The van der Waals surface area contributed by atoms with Gasteiger partial charge in [-0.25, -0.2) is 9.07 Å². The molecule has 1 aromatic heterocycles. The highest BCUT2D eigenvalue weighted by Crippen LogP contribution is 2.05. The Hall–Kier alpha value is -1.64. The van der Waals surface area contributed by atoms with Crippen LogP contribution in [0.5, 0.6) is 0 Å². The van der Waals surface area contributed by atoms with Gasteiger partial charge in [0.2, 0.25) is 0 Å². The molecule has 1 heterocycles. The number of hydrogen-bond acceptors (Lipinski definition) is 1. The lowest BCUT2D eigenvalue weighted by molar-refractivity contribution is 0.627. The lowest BCUT2D eigenvalue weighted by atomic mass is 10.3. The smallest absolute Gasteiger partial charge is 0.161 e. The van der Waals surface area contributed by atoms with Gasteiger partial charge in [0, 0.05) is 0 Å². The maximum absolute atomic E-state index is 12.5. The molecule has 0 aliphatic carbocycles. The summed E-state index contributed by atoms with van der Waals surface area (Å²) in [5, 5.41) is 3.81. The molecule has 0 unspecified atom stereocenters. The summed E-state index contributed by atoms with van der Waals surface area (Å²) in [6.45, 7) is 0. The Balaban J connectivity index is 2.45. The summed E-state index contributed by atoms with van der Waals surface area (Å²) in [5.74, 6) is -0.334. The van der Waals surface area contributed by atoms with Gasteiger partial charge in [-0.15, -0.1) is 0 Å². The summed E-state index contributed by atoms with van der Waals surface area (Å²) >= 11 is 0. The Labute approximate surface area is 69.3 Å². The molecule has 59 valence electrons. The average Bonchev–Trinajstić information content (AvgIpc) is 2.54. The van der Waals surface area contributed by atoms with Crippen LogP contribution in [0.4, 0.5) is 4.39 Å². The number of nitrogens with zero attached hydrogens (tertiary/aromatic N) is 2. The fourth-order valence-electron chi connectivity index (χ4n) is 0.968. The van der Waals surface area contributed by atoms with E-state index in [1.165, 1.54) is 17.1 Å².